The first-order chi connectivity index (χ1) is 26.0. The van der Waals surface area contributed by atoms with Crippen molar-refractivity contribution in [2.75, 3.05) is 60.6 Å². The van der Waals surface area contributed by atoms with Crippen molar-refractivity contribution < 1.29 is 33.7 Å². The summed E-state index contributed by atoms with van der Waals surface area (Å²) in [4.78, 5) is 45.0. The van der Waals surface area contributed by atoms with Crippen LogP contribution in [0.4, 0.5) is 0 Å². The number of fused-ring (bicyclic) bond motifs is 5. The van der Waals surface area contributed by atoms with Gasteiger partial charge < -0.3 is 23.8 Å². The summed E-state index contributed by atoms with van der Waals surface area (Å²) in [5.41, 5.74) is 5.57. The molecule has 1 aromatic heterocycles. The molecule has 294 valence electrons. The van der Waals surface area contributed by atoms with E-state index in [0.29, 0.717) is 57.1 Å². The Morgan fingerprint density at radius 3 is 2.43 bits per heavy atom. The van der Waals surface area contributed by atoms with Gasteiger partial charge in [0, 0.05) is 75.9 Å². The van der Waals surface area contributed by atoms with Crippen LogP contribution in [0.2, 0.25) is 0 Å². The quantitative estimate of drug-likeness (QED) is 0.310. The van der Waals surface area contributed by atoms with Crippen molar-refractivity contribution in [1.82, 2.24) is 23.4 Å². The molecular formula is C41H57N5O7S. The minimum atomic E-state index is -4.01. The van der Waals surface area contributed by atoms with Gasteiger partial charge in [-0.15, -0.1) is 0 Å². The van der Waals surface area contributed by atoms with Crippen LogP contribution in [0.5, 0.6) is 5.75 Å². The average Bonchev–Trinajstić information content (AvgIpc) is 3.61. The Morgan fingerprint density at radius 1 is 0.944 bits per heavy atom. The van der Waals surface area contributed by atoms with Crippen molar-refractivity contribution in [2.24, 2.45) is 5.92 Å². The summed E-state index contributed by atoms with van der Waals surface area (Å²) < 4.78 is 41.6. The molecule has 3 fully saturated rings. The first-order valence-corrected chi connectivity index (χ1v) is 20.9. The lowest BCUT2D eigenvalue weighted by molar-refractivity contribution is -0.135. The predicted octanol–water partition coefficient (Wildman–Crippen LogP) is 6.06. The van der Waals surface area contributed by atoms with E-state index < -0.39 is 16.1 Å². The lowest BCUT2D eigenvalue weighted by Gasteiger charge is -2.24. The van der Waals surface area contributed by atoms with Gasteiger partial charge in [-0.1, -0.05) is 45.6 Å². The first kappa shape index (κ1) is 39.5. The number of likely N-dealkylation sites (tertiary alicyclic amines) is 1. The summed E-state index contributed by atoms with van der Waals surface area (Å²) >= 11 is 0. The minimum Gasteiger partial charge on any atom is -0.497 e. The van der Waals surface area contributed by atoms with Gasteiger partial charge in [-0.05, 0) is 79.1 Å². The van der Waals surface area contributed by atoms with Gasteiger partial charge in [0.05, 0.1) is 31.9 Å². The molecule has 0 spiro atoms. The lowest BCUT2D eigenvalue weighted by atomic mass is 9.81. The van der Waals surface area contributed by atoms with E-state index in [2.05, 4.69) is 23.1 Å². The Morgan fingerprint density at radius 2 is 1.70 bits per heavy atom. The summed E-state index contributed by atoms with van der Waals surface area (Å²) in [5.74, 6) is -0.0687. The SMILES string of the molecule is CCC.COc1ccc2c(c1)C=C(C(=O)N1CCC(C(=O)N3CCCOCC3)C1)Cn1c-2c(C2CCCCC2)c2ccc(C(=O)NS(=O)(=O)N(C)C)cc21.[HH]. The highest BCUT2D eigenvalue weighted by molar-refractivity contribution is 7.87. The number of nitrogens with zero attached hydrogens (tertiary/aromatic N) is 4. The van der Waals surface area contributed by atoms with Crippen LogP contribution in [0.1, 0.15) is 94.0 Å². The van der Waals surface area contributed by atoms with Crippen LogP contribution < -0.4 is 9.46 Å². The van der Waals surface area contributed by atoms with Gasteiger partial charge >= 0.3 is 10.2 Å². The number of hydrogen-bond donors (Lipinski definition) is 1. The Hall–Kier alpha value is -4.20. The number of ether oxygens (including phenoxy) is 2. The van der Waals surface area contributed by atoms with Crippen molar-refractivity contribution in [3.05, 3.63) is 58.7 Å². The molecule has 2 saturated heterocycles. The standard InChI is InChI=1S/C38H47N5O7S.C3H8.H2/c1-40(2)51(47,48)39-36(44)26-10-12-32-33(22-26)43-24-29(38(46)42-16-14-27(23-42)37(45)41-15-7-18-50-19-17-41)20-28-21-30(49-3)11-13-31(28)35(43)34(32)25-8-5-4-6-9-25;1-3-2;/h10-13,20-22,25,27H,4-9,14-19,23-24H2,1-3H3,(H,39,44);3H2,1-2H3;1H. The van der Waals surface area contributed by atoms with Crippen LogP contribution in [0, 0.1) is 5.92 Å². The largest absolute Gasteiger partial charge is 0.497 e. The third-order valence-corrected chi connectivity index (χ3v) is 12.3. The summed E-state index contributed by atoms with van der Waals surface area (Å²) in [7, 11) is 0.343. The molecule has 3 amide bonds. The molecule has 1 aliphatic carbocycles. The zero-order chi connectivity index (χ0) is 38.6. The molecule has 3 aromatic rings. The molecule has 3 aliphatic heterocycles. The Labute approximate surface area is 321 Å². The maximum atomic E-state index is 14.5. The number of carbonyl (C=O) groups excluding carboxylic acids is 3. The molecule has 4 aliphatic rings. The lowest BCUT2D eigenvalue weighted by Crippen LogP contribution is -2.39. The maximum absolute atomic E-state index is 14.5. The van der Waals surface area contributed by atoms with Crippen molar-refractivity contribution in [3.8, 4) is 17.0 Å². The molecule has 0 bridgehead atoms. The van der Waals surface area contributed by atoms with E-state index in [0.717, 1.165) is 64.1 Å². The van der Waals surface area contributed by atoms with Crippen LogP contribution in [0.3, 0.4) is 0 Å². The van der Waals surface area contributed by atoms with E-state index in [1.165, 1.54) is 32.5 Å². The van der Waals surface area contributed by atoms with E-state index in [9.17, 15) is 22.8 Å². The van der Waals surface area contributed by atoms with Gasteiger partial charge in [-0.3, -0.25) is 14.4 Å². The van der Waals surface area contributed by atoms with Gasteiger partial charge in [0.1, 0.15) is 5.75 Å². The molecular weight excluding hydrogens is 707 g/mol. The number of aromatic nitrogens is 1. The summed E-state index contributed by atoms with van der Waals surface area (Å²) in [6.45, 7) is 7.75. The molecule has 7 rings (SSSR count). The summed E-state index contributed by atoms with van der Waals surface area (Å²) in [5, 5.41) is 0.993. The number of nitrogens with one attached hydrogen (secondary N) is 1. The second-order valence-corrected chi connectivity index (χ2v) is 16.9. The van der Waals surface area contributed by atoms with Crippen LogP contribution in [0.25, 0.3) is 28.2 Å². The van der Waals surface area contributed by atoms with Crippen LogP contribution >= 0.6 is 0 Å². The molecule has 4 heterocycles. The Bertz CT molecular complexity index is 2010. The highest BCUT2D eigenvalue weighted by Gasteiger charge is 2.37. The fourth-order valence-corrected chi connectivity index (χ4v) is 8.69. The van der Waals surface area contributed by atoms with E-state index >= 15 is 0 Å². The van der Waals surface area contributed by atoms with Crippen LogP contribution in [-0.2, 0) is 31.1 Å². The fraction of sp³-hybridized carbons (Fsp3) is 0.537. The molecule has 1 unspecified atom stereocenters. The minimum absolute atomic E-state index is 0. The van der Waals surface area contributed by atoms with Crippen molar-refractivity contribution in [2.45, 2.75) is 77.7 Å². The first-order valence-electron chi connectivity index (χ1n) is 19.4. The Kier molecular flexibility index (Phi) is 12.5. The highest BCUT2D eigenvalue weighted by Crippen LogP contribution is 2.47. The summed E-state index contributed by atoms with van der Waals surface area (Å²) in [6, 6.07) is 11.3. The molecule has 13 heteroatoms. The molecule has 2 aromatic carbocycles. The highest BCUT2D eigenvalue weighted by atomic mass is 32.2. The van der Waals surface area contributed by atoms with Crippen LogP contribution in [0.15, 0.2) is 42.0 Å². The number of rotatable bonds is 7. The summed E-state index contributed by atoms with van der Waals surface area (Å²) in [6.07, 6.45) is 10.1. The number of hydrogen-bond acceptors (Lipinski definition) is 7. The fourth-order valence-electron chi connectivity index (χ4n) is 8.15. The van der Waals surface area contributed by atoms with E-state index in [-0.39, 0.29) is 37.2 Å². The molecule has 12 nitrogen and oxygen atoms in total. The molecule has 0 radical (unpaired) electrons. The molecule has 1 N–H and O–H groups in total. The number of amides is 3. The molecule has 1 atom stereocenters. The number of carbonyl (C=O) groups is 3. The number of methoxy groups -OCH3 is 1. The maximum Gasteiger partial charge on any atom is 0.303 e. The zero-order valence-corrected chi connectivity index (χ0v) is 33.2. The third-order valence-electron chi connectivity index (χ3n) is 10.9. The molecule has 1 saturated carbocycles. The smallest absolute Gasteiger partial charge is 0.303 e. The van der Waals surface area contributed by atoms with Crippen LogP contribution in [-0.4, -0.2) is 105 Å². The van der Waals surface area contributed by atoms with Gasteiger partial charge in [0.15, 0.2) is 0 Å². The van der Waals surface area contributed by atoms with Gasteiger partial charge in [0.25, 0.3) is 11.8 Å². The van der Waals surface area contributed by atoms with Crippen molar-refractivity contribution in [3.63, 3.8) is 0 Å². The van der Waals surface area contributed by atoms with E-state index in [4.69, 9.17) is 9.47 Å². The topological polar surface area (TPSA) is 130 Å². The molecule has 54 heavy (non-hydrogen) atoms. The van der Waals surface area contributed by atoms with Gasteiger partial charge in [-0.25, -0.2) is 4.72 Å². The van der Waals surface area contributed by atoms with Crippen molar-refractivity contribution in [1.29, 1.82) is 0 Å². The van der Waals surface area contributed by atoms with E-state index in [1.807, 2.05) is 35.2 Å². The van der Waals surface area contributed by atoms with Gasteiger partial charge in [-0.2, -0.15) is 12.7 Å². The van der Waals surface area contributed by atoms with Gasteiger partial charge in [0.2, 0.25) is 5.91 Å². The average molecular weight is 764 g/mol. The number of benzene rings is 2. The zero-order valence-electron chi connectivity index (χ0n) is 32.4. The normalized spacial score (nSPS) is 19.2. The monoisotopic (exact) mass is 763 g/mol. The second-order valence-electron chi connectivity index (χ2n) is 15.0. The third kappa shape index (κ3) is 8.23. The predicted molar refractivity (Wildman–Crippen MR) is 213 cm³/mol. The Balaban J connectivity index is 0.00000141. The van der Waals surface area contributed by atoms with Crippen molar-refractivity contribution >= 4 is 44.9 Å². The van der Waals surface area contributed by atoms with E-state index in [1.54, 1.807) is 24.1 Å². The second kappa shape index (κ2) is 17.1.